The maximum atomic E-state index is 4.74. The van der Waals surface area contributed by atoms with E-state index in [0.29, 0.717) is 0 Å². The van der Waals surface area contributed by atoms with Gasteiger partial charge in [0.05, 0.1) is 0 Å². The summed E-state index contributed by atoms with van der Waals surface area (Å²) in [5.74, 6) is 0. The van der Waals surface area contributed by atoms with Gasteiger partial charge in [0.15, 0.2) is 0 Å². The SMILES string of the molecule is CCCN(CC)NCc1ccccc1.CO[SiH](OC)OC.Cl. The minimum Gasteiger partial charge on any atom is -0.379 e. The van der Waals surface area contributed by atoms with Crippen LogP contribution in [0.4, 0.5) is 0 Å². The summed E-state index contributed by atoms with van der Waals surface area (Å²) in [5.41, 5.74) is 4.76. The van der Waals surface area contributed by atoms with Gasteiger partial charge in [-0.25, -0.2) is 5.01 Å². The van der Waals surface area contributed by atoms with E-state index in [1.54, 1.807) is 21.3 Å². The largest absolute Gasteiger partial charge is 0.483 e. The zero-order chi connectivity index (χ0) is 15.9. The predicted molar refractivity (Wildman–Crippen MR) is 96.2 cm³/mol. The Kier molecular flexibility index (Phi) is 18.3. The minimum absolute atomic E-state index is 0. The molecule has 0 heterocycles. The summed E-state index contributed by atoms with van der Waals surface area (Å²) in [5, 5.41) is 2.26. The maximum absolute atomic E-state index is 4.74. The van der Waals surface area contributed by atoms with Crippen LogP contribution in [0.5, 0.6) is 0 Å². The molecule has 0 aliphatic rings. The molecule has 1 aromatic carbocycles. The molecule has 0 saturated carbocycles. The molecule has 7 heteroatoms. The van der Waals surface area contributed by atoms with Crippen LogP contribution in [0.1, 0.15) is 25.8 Å². The second-order valence-electron chi connectivity index (χ2n) is 4.40. The molecule has 1 N–H and O–H groups in total. The van der Waals surface area contributed by atoms with E-state index in [4.69, 9.17) is 13.3 Å². The molecule has 5 nitrogen and oxygen atoms in total. The highest BCUT2D eigenvalue weighted by molar-refractivity contribution is 6.36. The van der Waals surface area contributed by atoms with Crippen LogP contribution in [-0.4, -0.2) is 49.0 Å². The Morgan fingerprint density at radius 2 is 1.55 bits per heavy atom. The van der Waals surface area contributed by atoms with Crippen molar-refractivity contribution in [3.63, 3.8) is 0 Å². The molecule has 0 unspecified atom stereocenters. The third-order valence-electron chi connectivity index (χ3n) is 2.80. The van der Waals surface area contributed by atoms with Crippen LogP contribution in [0, 0.1) is 0 Å². The molecule has 0 spiro atoms. The van der Waals surface area contributed by atoms with Crippen LogP contribution in [-0.2, 0) is 19.8 Å². The monoisotopic (exact) mass is 350 g/mol. The number of hydrazine groups is 1. The molecule has 0 saturated heterocycles. The summed E-state index contributed by atoms with van der Waals surface area (Å²) in [6, 6.07) is 10.5. The summed E-state index contributed by atoms with van der Waals surface area (Å²) in [4.78, 5) is 0. The lowest BCUT2D eigenvalue weighted by Gasteiger charge is -2.20. The minimum atomic E-state index is -1.67. The summed E-state index contributed by atoms with van der Waals surface area (Å²) in [6.45, 7) is 7.47. The van der Waals surface area contributed by atoms with Gasteiger partial charge in [0.1, 0.15) is 0 Å². The maximum Gasteiger partial charge on any atom is 0.483 e. The van der Waals surface area contributed by atoms with Gasteiger partial charge < -0.3 is 13.3 Å². The number of hydrogen-bond acceptors (Lipinski definition) is 5. The van der Waals surface area contributed by atoms with Crippen molar-refractivity contribution < 1.29 is 13.3 Å². The van der Waals surface area contributed by atoms with Crippen LogP contribution >= 0.6 is 12.4 Å². The van der Waals surface area contributed by atoms with E-state index in [9.17, 15) is 0 Å². The molecule has 0 bridgehead atoms. The first-order chi connectivity index (χ1) is 10.2. The van der Waals surface area contributed by atoms with Gasteiger partial charge in [-0.15, -0.1) is 12.4 Å². The van der Waals surface area contributed by atoms with E-state index >= 15 is 0 Å². The molecule has 1 rings (SSSR count). The molecule has 22 heavy (non-hydrogen) atoms. The molecule has 0 aromatic heterocycles. The molecular weight excluding hydrogens is 320 g/mol. The van der Waals surface area contributed by atoms with Crippen LogP contribution in [0.3, 0.4) is 0 Å². The van der Waals surface area contributed by atoms with Crippen LogP contribution in [0.15, 0.2) is 30.3 Å². The Morgan fingerprint density at radius 3 is 1.91 bits per heavy atom. The third-order valence-corrected chi connectivity index (χ3v) is 3.96. The van der Waals surface area contributed by atoms with Gasteiger partial charge in [0.2, 0.25) is 0 Å². The molecule has 0 fully saturated rings. The van der Waals surface area contributed by atoms with E-state index in [2.05, 4.69) is 48.5 Å². The molecule has 0 aliphatic carbocycles. The third kappa shape index (κ3) is 12.1. The van der Waals surface area contributed by atoms with E-state index in [0.717, 1.165) is 19.6 Å². The number of hydrogen-bond donors (Lipinski definition) is 1. The summed E-state index contributed by atoms with van der Waals surface area (Å²) >= 11 is 0. The zero-order valence-electron chi connectivity index (χ0n) is 14.4. The Morgan fingerprint density at radius 1 is 1.00 bits per heavy atom. The van der Waals surface area contributed by atoms with E-state index < -0.39 is 9.53 Å². The van der Waals surface area contributed by atoms with Crippen molar-refractivity contribution in [1.82, 2.24) is 10.4 Å². The van der Waals surface area contributed by atoms with Crippen LogP contribution in [0.25, 0.3) is 0 Å². The fourth-order valence-corrected chi connectivity index (χ4v) is 2.28. The molecule has 1 aromatic rings. The second-order valence-corrected chi connectivity index (χ2v) is 6.39. The highest BCUT2D eigenvalue weighted by Crippen LogP contribution is 1.98. The predicted octanol–water partition coefficient (Wildman–Crippen LogP) is 2.49. The first-order valence-corrected chi connectivity index (χ1v) is 8.73. The number of halogens is 1. The van der Waals surface area contributed by atoms with Crippen molar-refractivity contribution in [3.05, 3.63) is 35.9 Å². The normalized spacial score (nSPS) is 10.1. The summed E-state index contributed by atoms with van der Waals surface area (Å²) in [6.07, 6.45) is 1.19. The smallest absolute Gasteiger partial charge is 0.379 e. The Bertz CT molecular complexity index is 324. The highest BCUT2D eigenvalue weighted by Gasteiger charge is 2.05. The average molecular weight is 351 g/mol. The van der Waals surface area contributed by atoms with E-state index in [-0.39, 0.29) is 12.4 Å². The summed E-state index contributed by atoms with van der Waals surface area (Å²) < 4.78 is 14.2. The second kappa shape index (κ2) is 16.9. The molecule has 130 valence electrons. The van der Waals surface area contributed by atoms with Crippen molar-refractivity contribution in [2.45, 2.75) is 26.8 Å². The lowest BCUT2D eigenvalue weighted by molar-refractivity contribution is 0.163. The van der Waals surface area contributed by atoms with Crippen LogP contribution < -0.4 is 5.43 Å². The van der Waals surface area contributed by atoms with Crippen molar-refractivity contribution in [1.29, 1.82) is 0 Å². The lowest BCUT2D eigenvalue weighted by atomic mass is 10.2. The van der Waals surface area contributed by atoms with Crippen molar-refractivity contribution in [2.24, 2.45) is 0 Å². The van der Waals surface area contributed by atoms with E-state index in [1.165, 1.54) is 12.0 Å². The number of rotatable bonds is 9. The van der Waals surface area contributed by atoms with Crippen LogP contribution in [0.2, 0.25) is 0 Å². The van der Waals surface area contributed by atoms with Gasteiger partial charge in [-0.1, -0.05) is 44.2 Å². The van der Waals surface area contributed by atoms with Crippen molar-refractivity contribution in [2.75, 3.05) is 34.4 Å². The van der Waals surface area contributed by atoms with Gasteiger partial charge in [0, 0.05) is 41.0 Å². The van der Waals surface area contributed by atoms with Crippen molar-refractivity contribution in [3.8, 4) is 0 Å². The lowest BCUT2D eigenvalue weighted by Crippen LogP contribution is -2.37. The highest BCUT2D eigenvalue weighted by atomic mass is 35.5. The van der Waals surface area contributed by atoms with Gasteiger partial charge in [0.25, 0.3) is 0 Å². The van der Waals surface area contributed by atoms with Crippen molar-refractivity contribution >= 4 is 21.9 Å². The molecule has 0 radical (unpaired) electrons. The first-order valence-electron chi connectivity index (χ1n) is 7.32. The zero-order valence-corrected chi connectivity index (χ0v) is 16.3. The van der Waals surface area contributed by atoms with E-state index in [1.807, 2.05) is 6.07 Å². The fourth-order valence-electron chi connectivity index (χ4n) is 1.71. The molecule has 0 aliphatic heterocycles. The Balaban J connectivity index is 0. The topological polar surface area (TPSA) is 43.0 Å². The molecular formula is C15H31ClN2O3Si. The number of nitrogens with one attached hydrogen (secondary N) is 1. The standard InChI is InChI=1S/C12H20N2.C3H10O3Si.ClH/c1-3-10-14(4-2)13-11-12-8-6-5-7-9-12;1-4-7(5-2)6-3;/h5-9,13H,3-4,10-11H2,1-2H3;7H,1-3H3;1H. The number of benzene rings is 1. The molecule has 0 amide bonds. The first kappa shape index (κ1) is 23.8. The number of nitrogens with zero attached hydrogens (tertiary/aromatic N) is 1. The Labute approximate surface area is 143 Å². The molecule has 0 atom stereocenters. The fraction of sp³-hybridized carbons (Fsp3) is 0.600. The van der Waals surface area contributed by atoms with Gasteiger partial charge in [-0.2, -0.15) is 0 Å². The quantitative estimate of drug-likeness (QED) is 0.547. The van der Waals surface area contributed by atoms with Gasteiger partial charge in [-0.3, -0.25) is 5.43 Å². The Hall–Kier alpha value is -0.473. The average Bonchev–Trinajstić information content (AvgIpc) is 2.54. The summed E-state index contributed by atoms with van der Waals surface area (Å²) in [7, 11) is 3.05. The van der Waals surface area contributed by atoms with Gasteiger partial charge >= 0.3 is 9.53 Å². The van der Waals surface area contributed by atoms with Gasteiger partial charge in [-0.05, 0) is 12.0 Å².